The molecule has 0 aliphatic rings. The summed E-state index contributed by atoms with van der Waals surface area (Å²) in [5, 5.41) is 0. The van der Waals surface area contributed by atoms with Crippen LogP contribution >= 0.6 is 0 Å². The van der Waals surface area contributed by atoms with Crippen molar-refractivity contribution < 1.29 is 11.5 Å². The van der Waals surface area contributed by atoms with Crippen LogP contribution in [0.25, 0.3) is 0 Å². The number of nitrogens with two attached hydrogens (primary N) is 2. The third kappa shape index (κ3) is 1.92. The molecule has 4 N–H and O–H groups in total. The van der Waals surface area contributed by atoms with Crippen LogP contribution in [0.3, 0.4) is 0 Å². The molecular weight excluding hydrogens is 52.0 g/mol. The van der Waals surface area contributed by atoms with Gasteiger partial charge in [0.25, 0.3) is 0 Å². The van der Waals surface area contributed by atoms with Crippen molar-refractivity contribution in [3.8, 4) is 0 Å². The third-order valence-corrected chi connectivity index (χ3v) is 0.167. The molecule has 0 spiro atoms. The van der Waals surface area contributed by atoms with Crippen molar-refractivity contribution in [3.05, 3.63) is 0 Å². The Labute approximate surface area is 25.8 Å². The summed E-state index contributed by atoms with van der Waals surface area (Å²) in [5.74, 6) is 0. The summed E-state index contributed by atoms with van der Waals surface area (Å²) < 4.78 is 0. The van der Waals surface area contributed by atoms with Gasteiger partial charge in [-0.1, -0.05) is 0 Å². The molecular formula is C2H8N2+2. The molecule has 24 valence electrons. The Morgan fingerprint density at radius 2 is 1.25 bits per heavy atom. The topological polar surface area (TPSA) is 50.6 Å². The molecule has 0 rings (SSSR count). The minimum Gasteiger partial charge on any atom is -0.190 e. The summed E-state index contributed by atoms with van der Waals surface area (Å²) >= 11 is 0. The van der Waals surface area contributed by atoms with E-state index < -0.39 is 0 Å². The minimum atomic E-state index is 0.597. The standard InChI is InChI=1S/C2H8N2/c3-1-2-4/h1-4H2/q+2. The highest BCUT2D eigenvalue weighted by Gasteiger charge is 1.70. The largest absolute Gasteiger partial charge is 0.190 e. The van der Waals surface area contributed by atoms with Gasteiger partial charge in [0.15, 0.2) is 13.1 Å². The maximum atomic E-state index is 4.90. The first-order valence-electron chi connectivity index (χ1n) is 1.32. The predicted molar refractivity (Wildman–Crippen MR) is 13.6 cm³/mol. The molecule has 0 aliphatic heterocycles. The lowest BCUT2D eigenvalue weighted by Crippen LogP contribution is -2.64. The van der Waals surface area contributed by atoms with Crippen LogP contribution in [0.5, 0.6) is 0 Å². The van der Waals surface area contributed by atoms with Crippen LogP contribution in [-0.4, -0.2) is 13.1 Å². The Hall–Kier alpha value is -0.0800. The Kier molecular flexibility index (Phi) is 2.86. The number of hydrogen-bond donors (Lipinski definition) is 2. The molecule has 0 amide bonds. The van der Waals surface area contributed by atoms with Crippen LogP contribution in [0.15, 0.2) is 0 Å². The second-order valence-electron chi connectivity index (χ2n) is 0.577. The molecule has 4 heavy (non-hydrogen) atoms. The Morgan fingerprint density at radius 3 is 1.25 bits per heavy atom. The minimum absolute atomic E-state index is 0.597. The second kappa shape index (κ2) is 2.92. The van der Waals surface area contributed by atoms with Gasteiger partial charge in [-0.05, 0) is 0 Å². The van der Waals surface area contributed by atoms with E-state index in [9.17, 15) is 0 Å². The predicted octanol–water partition coefficient (Wildman–Crippen LogP) is -2.96. The molecule has 2 heteroatoms. The van der Waals surface area contributed by atoms with E-state index in [1.54, 1.807) is 0 Å². The molecule has 2 radical (unpaired) electrons. The highest BCUT2D eigenvalue weighted by molar-refractivity contribution is 4.00. The normalized spacial score (nSPS) is 7.50. The van der Waals surface area contributed by atoms with Crippen molar-refractivity contribution in [1.82, 2.24) is 0 Å². The summed E-state index contributed by atoms with van der Waals surface area (Å²) in [4.78, 5) is 0. The summed E-state index contributed by atoms with van der Waals surface area (Å²) in [6.45, 7) is 1.19. The smallest absolute Gasteiger partial charge is 0.172 e. The fourth-order valence-electron chi connectivity index (χ4n) is 0. The van der Waals surface area contributed by atoms with Gasteiger partial charge in [-0.2, -0.15) is 11.5 Å². The maximum Gasteiger partial charge on any atom is 0.172 e. The highest BCUT2D eigenvalue weighted by atomic mass is 14.6. The lowest BCUT2D eigenvalue weighted by atomic mass is 10.7. The van der Waals surface area contributed by atoms with E-state index in [1.807, 2.05) is 0 Å². The van der Waals surface area contributed by atoms with Crippen molar-refractivity contribution in [3.63, 3.8) is 0 Å². The van der Waals surface area contributed by atoms with E-state index in [2.05, 4.69) is 0 Å². The first kappa shape index (κ1) is 3.92. The van der Waals surface area contributed by atoms with Crippen LogP contribution in [0.1, 0.15) is 0 Å². The zero-order valence-corrected chi connectivity index (χ0v) is 2.57. The third-order valence-electron chi connectivity index (χ3n) is 0.167. The van der Waals surface area contributed by atoms with Gasteiger partial charge in [0.05, 0.1) is 0 Å². The van der Waals surface area contributed by atoms with E-state index in [-0.39, 0.29) is 0 Å². The molecule has 0 aliphatic carbocycles. The zero-order valence-electron chi connectivity index (χ0n) is 2.57. The molecule has 0 saturated heterocycles. The quantitative estimate of drug-likeness (QED) is 0.325. The lowest BCUT2D eigenvalue weighted by Gasteiger charge is -1.56. The summed E-state index contributed by atoms with van der Waals surface area (Å²) in [5.41, 5.74) is 9.81. The van der Waals surface area contributed by atoms with Crippen molar-refractivity contribution in [2.24, 2.45) is 0 Å². The van der Waals surface area contributed by atoms with Crippen molar-refractivity contribution in [2.75, 3.05) is 13.1 Å². The van der Waals surface area contributed by atoms with E-state index in [4.69, 9.17) is 11.5 Å². The SMILES string of the molecule is [NH2+]CC[NH2+]. The van der Waals surface area contributed by atoms with E-state index in [0.29, 0.717) is 13.1 Å². The van der Waals surface area contributed by atoms with Crippen LogP contribution in [0.2, 0.25) is 0 Å². The first-order chi connectivity index (χ1) is 1.91. The van der Waals surface area contributed by atoms with Gasteiger partial charge < -0.3 is 0 Å². The van der Waals surface area contributed by atoms with Gasteiger partial charge in [0.2, 0.25) is 0 Å². The summed E-state index contributed by atoms with van der Waals surface area (Å²) in [6.07, 6.45) is 0. The van der Waals surface area contributed by atoms with E-state index in [1.165, 1.54) is 0 Å². The lowest BCUT2D eigenvalue weighted by molar-refractivity contribution is -0.453. The van der Waals surface area contributed by atoms with Gasteiger partial charge >= 0.3 is 0 Å². The Balaban J connectivity index is 1.97. The molecule has 0 aromatic rings. The van der Waals surface area contributed by atoms with Crippen LogP contribution in [0, 0.1) is 0 Å². The highest BCUT2D eigenvalue weighted by Crippen LogP contribution is 1.12. The van der Waals surface area contributed by atoms with Gasteiger partial charge in [-0.15, -0.1) is 0 Å². The molecule has 0 bridgehead atoms. The van der Waals surface area contributed by atoms with E-state index >= 15 is 0 Å². The molecule has 0 aromatic heterocycles. The van der Waals surface area contributed by atoms with Crippen molar-refractivity contribution in [2.45, 2.75) is 0 Å². The molecule has 2 nitrogen and oxygen atoms in total. The molecule has 0 heterocycles. The average molecular weight is 60.1 g/mol. The summed E-state index contributed by atoms with van der Waals surface area (Å²) in [6, 6.07) is 0. The molecule has 0 atom stereocenters. The fourth-order valence-corrected chi connectivity index (χ4v) is 0. The van der Waals surface area contributed by atoms with Crippen LogP contribution in [0.4, 0.5) is 0 Å². The van der Waals surface area contributed by atoms with Crippen molar-refractivity contribution in [1.29, 1.82) is 0 Å². The molecule has 0 aromatic carbocycles. The van der Waals surface area contributed by atoms with Gasteiger partial charge in [0, 0.05) is 0 Å². The monoisotopic (exact) mass is 60.1 g/mol. The molecule has 0 unspecified atom stereocenters. The Bertz CT molecular complexity index is 6.00. The number of hydrogen-bond acceptors (Lipinski definition) is 2. The maximum absolute atomic E-state index is 4.90. The number of rotatable bonds is 1. The van der Waals surface area contributed by atoms with E-state index in [0.717, 1.165) is 0 Å². The van der Waals surface area contributed by atoms with Gasteiger partial charge in [-0.3, -0.25) is 0 Å². The van der Waals surface area contributed by atoms with Crippen LogP contribution < -0.4 is 11.5 Å². The molecule has 0 fully saturated rings. The fraction of sp³-hybridized carbons (Fsp3) is 1.00. The van der Waals surface area contributed by atoms with Gasteiger partial charge in [-0.25, -0.2) is 0 Å². The zero-order chi connectivity index (χ0) is 3.41. The first-order valence-corrected chi connectivity index (χ1v) is 1.32. The second-order valence-corrected chi connectivity index (χ2v) is 0.577. The summed E-state index contributed by atoms with van der Waals surface area (Å²) in [7, 11) is 0. The van der Waals surface area contributed by atoms with Gasteiger partial charge in [0.1, 0.15) is 0 Å². The van der Waals surface area contributed by atoms with Crippen LogP contribution in [-0.2, 0) is 0 Å². The average Bonchev–Trinajstić information content (AvgIpc) is 1.37. The molecule has 0 saturated carbocycles. The van der Waals surface area contributed by atoms with Crippen molar-refractivity contribution >= 4 is 0 Å². The Morgan fingerprint density at radius 1 is 1.00 bits per heavy atom.